The van der Waals surface area contributed by atoms with Crippen LogP contribution in [0.25, 0.3) is 0 Å². The molecule has 0 saturated carbocycles. The number of piperidine rings is 1. The number of rotatable bonds is 5. The number of H-pyrrole nitrogens is 1. The molecule has 1 amide bonds. The first-order valence-corrected chi connectivity index (χ1v) is 8.50. The number of carbonyl (C=O) groups excluding carboxylic acids is 1. The van der Waals surface area contributed by atoms with E-state index in [0.29, 0.717) is 0 Å². The number of halogens is 3. The Kier molecular flexibility index (Phi) is 5.55. The highest BCUT2D eigenvalue weighted by molar-refractivity contribution is 5.92. The van der Waals surface area contributed by atoms with Gasteiger partial charge in [0.15, 0.2) is 5.69 Å². The standard InChI is InChI=1S/C17H20F3N5O/c18-17(19,20)15-9-13(23-24-15)16(26)22-11-14(12-5-4-6-21-10-12)25-7-2-1-3-8-25/h4-6,9-10,14H,1-3,7-8,11H2,(H,22,26)(H,23,24)/t14-/m1/s1. The Morgan fingerprint density at radius 2 is 2.08 bits per heavy atom. The van der Waals surface area contributed by atoms with E-state index < -0.39 is 17.8 Å². The van der Waals surface area contributed by atoms with Crippen molar-refractivity contribution in [1.82, 2.24) is 25.4 Å². The maximum absolute atomic E-state index is 12.6. The second-order valence-corrected chi connectivity index (χ2v) is 6.27. The first kappa shape index (κ1) is 18.4. The molecular weight excluding hydrogens is 347 g/mol. The van der Waals surface area contributed by atoms with Crippen molar-refractivity contribution in [1.29, 1.82) is 0 Å². The fraction of sp³-hybridized carbons (Fsp3) is 0.471. The highest BCUT2D eigenvalue weighted by atomic mass is 19.4. The molecule has 2 aromatic heterocycles. The minimum absolute atomic E-state index is 0.0750. The molecule has 0 unspecified atom stereocenters. The third kappa shape index (κ3) is 4.40. The normalized spacial score (nSPS) is 17.0. The number of aromatic nitrogens is 3. The maximum atomic E-state index is 12.6. The van der Waals surface area contributed by atoms with Crippen LogP contribution in [0.2, 0.25) is 0 Å². The summed E-state index contributed by atoms with van der Waals surface area (Å²) < 4.78 is 37.9. The maximum Gasteiger partial charge on any atom is 0.432 e. The first-order chi connectivity index (χ1) is 12.4. The zero-order valence-corrected chi connectivity index (χ0v) is 14.1. The summed E-state index contributed by atoms with van der Waals surface area (Å²) >= 11 is 0. The van der Waals surface area contributed by atoms with Crippen LogP contribution in [0.3, 0.4) is 0 Å². The molecule has 0 radical (unpaired) electrons. The fourth-order valence-corrected chi connectivity index (χ4v) is 3.12. The molecule has 1 fully saturated rings. The van der Waals surface area contributed by atoms with Crippen LogP contribution in [-0.4, -0.2) is 45.6 Å². The molecule has 0 bridgehead atoms. The molecule has 1 aliphatic heterocycles. The van der Waals surface area contributed by atoms with Gasteiger partial charge in [-0.1, -0.05) is 12.5 Å². The second-order valence-electron chi connectivity index (χ2n) is 6.27. The Hall–Kier alpha value is -2.42. The van der Waals surface area contributed by atoms with Crippen LogP contribution in [0.15, 0.2) is 30.6 Å². The third-order valence-electron chi connectivity index (χ3n) is 4.47. The van der Waals surface area contributed by atoms with Gasteiger partial charge in [-0.15, -0.1) is 0 Å². The van der Waals surface area contributed by atoms with Crippen molar-refractivity contribution in [3.63, 3.8) is 0 Å². The summed E-state index contributed by atoms with van der Waals surface area (Å²) in [5.41, 5.74) is -0.351. The molecule has 3 rings (SSSR count). The van der Waals surface area contributed by atoms with Gasteiger partial charge in [-0.2, -0.15) is 18.3 Å². The lowest BCUT2D eigenvalue weighted by atomic mass is 10.0. The van der Waals surface area contributed by atoms with E-state index in [9.17, 15) is 18.0 Å². The van der Waals surface area contributed by atoms with Crippen LogP contribution in [-0.2, 0) is 6.18 Å². The van der Waals surface area contributed by atoms with Crippen LogP contribution in [0, 0.1) is 0 Å². The van der Waals surface area contributed by atoms with Gasteiger partial charge in [-0.05, 0) is 37.6 Å². The van der Waals surface area contributed by atoms with Crippen LogP contribution in [0.5, 0.6) is 0 Å². The first-order valence-electron chi connectivity index (χ1n) is 8.50. The van der Waals surface area contributed by atoms with Gasteiger partial charge in [-0.25, -0.2) is 0 Å². The van der Waals surface area contributed by atoms with E-state index in [2.05, 4.69) is 20.3 Å². The molecule has 9 heteroatoms. The number of hydrogen-bond acceptors (Lipinski definition) is 4. The minimum Gasteiger partial charge on any atom is -0.349 e. The molecule has 1 atom stereocenters. The summed E-state index contributed by atoms with van der Waals surface area (Å²) in [7, 11) is 0. The molecule has 0 aromatic carbocycles. The van der Waals surface area contributed by atoms with E-state index in [-0.39, 0.29) is 18.3 Å². The molecule has 140 valence electrons. The average molecular weight is 367 g/mol. The van der Waals surface area contributed by atoms with E-state index in [0.717, 1.165) is 37.6 Å². The predicted molar refractivity (Wildman–Crippen MR) is 88.3 cm³/mol. The molecule has 2 N–H and O–H groups in total. The quantitative estimate of drug-likeness (QED) is 0.852. The van der Waals surface area contributed by atoms with E-state index in [1.165, 1.54) is 6.42 Å². The SMILES string of the molecule is O=C(NC[C@H](c1cccnc1)N1CCCCC1)c1cc(C(F)(F)F)[nH]n1. The lowest BCUT2D eigenvalue weighted by Crippen LogP contribution is -2.40. The topological polar surface area (TPSA) is 73.9 Å². The van der Waals surface area contributed by atoms with Crippen LogP contribution < -0.4 is 5.32 Å². The zero-order valence-electron chi connectivity index (χ0n) is 14.1. The number of aromatic amines is 1. The number of likely N-dealkylation sites (tertiary alicyclic amines) is 1. The number of carbonyl (C=O) groups is 1. The number of alkyl halides is 3. The van der Waals surface area contributed by atoms with Crippen LogP contribution in [0.1, 0.15) is 47.1 Å². The number of nitrogens with zero attached hydrogens (tertiary/aromatic N) is 3. The molecule has 0 aliphatic carbocycles. The van der Waals surface area contributed by atoms with Gasteiger partial charge >= 0.3 is 6.18 Å². The van der Waals surface area contributed by atoms with Crippen molar-refractivity contribution < 1.29 is 18.0 Å². The van der Waals surface area contributed by atoms with Gasteiger partial charge < -0.3 is 5.32 Å². The lowest BCUT2D eigenvalue weighted by molar-refractivity contribution is -0.141. The Morgan fingerprint density at radius 3 is 2.69 bits per heavy atom. The van der Waals surface area contributed by atoms with Crippen molar-refractivity contribution in [2.45, 2.75) is 31.5 Å². The Labute approximate surface area is 148 Å². The van der Waals surface area contributed by atoms with E-state index in [1.54, 1.807) is 12.4 Å². The predicted octanol–water partition coefficient (Wildman–Crippen LogP) is 2.78. The largest absolute Gasteiger partial charge is 0.432 e. The zero-order chi connectivity index (χ0) is 18.6. The Bertz CT molecular complexity index is 725. The van der Waals surface area contributed by atoms with E-state index >= 15 is 0 Å². The van der Waals surface area contributed by atoms with Gasteiger partial charge in [0.2, 0.25) is 0 Å². The van der Waals surface area contributed by atoms with E-state index in [1.807, 2.05) is 17.2 Å². The van der Waals surface area contributed by atoms with Crippen molar-refractivity contribution in [3.05, 3.63) is 47.5 Å². The van der Waals surface area contributed by atoms with Gasteiger partial charge in [0.25, 0.3) is 5.91 Å². The van der Waals surface area contributed by atoms with Gasteiger partial charge in [-0.3, -0.25) is 19.8 Å². The average Bonchev–Trinajstić information content (AvgIpc) is 3.14. The van der Waals surface area contributed by atoms with Gasteiger partial charge in [0.05, 0.1) is 6.04 Å². The fourth-order valence-electron chi connectivity index (χ4n) is 3.12. The number of nitrogens with one attached hydrogen (secondary N) is 2. The molecule has 1 saturated heterocycles. The highest BCUT2D eigenvalue weighted by Gasteiger charge is 2.34. The van der Waals surface area contributed by atoms with Crippen LogP contribution >= 0.6 is 0 Å². The highest BCUT2D eigenvalue weighted by Crippen LogP contribution is 2.28. The molecule has 6 nitrogen and oxygen atoms in total. The minimum atomic E-state index is -4.56. The van der Waals surface area contributed by atoms with Gasteiger partial charge in [0, 0.05) is 25.0 Å². The van der Waals surface area contributed by atoms with Crippen molar-refractivity contribution in [3.8, 4) is 0 Å². The number of hydrogen-bond donors (Lipinski definition) is 2. The van der Waals surface area contributed by atoms with Crippen LogP contribution in [0.4, 0.5) is 13.2 Å². The summed E-state index contributed by atoms with van der Waals surface area (Å²) in [5, 5.41) is 8.02. The molecule has 2 aromatic rings. The summed E-state index contributed by atoms with van der Waals surface area (Å²) in [5.74, 6) is -0.636. The van der Waals surface area contributed by atoms with Crippen molar-refractivity contribution in [2.75, 3.05) is 19.6 Å². The molecule has 0 spiro atoms. The molecule has 3 heterocycles. The third-order valence-corrected chi connectivity index (χ3v) is 4.47. The summed E-state index contributed by atoms with van der Waals surface area (Å²) in [6, 6.07) is 4.41. The molecular formula is C17H20F3N5O. The van der Waals surface area contributed by atoms with Gasteiger partial charge in [0.1, 0.15) is 5.69 Å². The Morgan fingerprint density at radius 1 is 1.31 bits per heavy atom. The molecule has 26 heavy (non-hydrogen) atoms. The summed E-state index contributed by atoms with van der Waals surface area (Å²) in [6.45, 7) is 2.10. The molecule has 1 aliphatic rings. The van der Waals surface area contributed by atoms with Crippen molar-refractivity contribution in [2.24, 2.45) is 0 Å². The summed E-state index contributed by atoms with van der Waals surface area (Å²) in [6.07, 6.45) is 2.21. The lowest BCUT2D eigenvalue weighted by Gasteiger charge is -2.34. The summed E-state index contributed by atoms with van der Waals surface area (Å²) in [4.78, 5) is 18.6. The Balaban J connectivity index is 1.69. The number of amides is 1. The van der Waals surface area contributed by atoms with E-state index in [4.69, 9.17) is 0 Å². The smallest absolute Gasteiger partial charge is 0.349 e. The number of pyridine rings is 1. The monoisotopic (exact) mass is 367 g/mol. The second kappa shape index (κ2) is 7.86. The van der Waals surface area contributed by atoms with Crippen molar-refractivity contribution >= 4 is 5.91 Å².